The van der Waals surface area contributed by atoms with Gasteiger partial charge in [-0.05, 0) is 52.4 Å². The quantitative estimate of drug-likeness (QED) is 0.889. The lowest BCUT2D eigenvalue weighted by Gasteiger charge is -2.18. The van der Waals surface area contributed by atoms with Gasteiger partial charge in [0, 0.05) is 25.3 Å². The fraction of sp³-hybridized carbons (Fsp3) is 0.769. The number of halogens is 1. The molecule has 1 aliphatic rings. The Morgan fingerprint density at radius 1 is 1.50 bits per heavy atom. The van der Waals surface area contributed by atoms with Gasteiger partial charge in [-0.2, -0.15) is 5.10 Å². The first-order valence-electron chi connectivity index (χ1n) is 6.60. The molecular weight excluding hydrogens is 248 g/mol. The zero-order valence-corrected chi connectivity index (χ0v) is 12.4. The van der Waals surface area contributed by atoms with Crippen LogP contribution < -0.4 is 5.32 Å². The van der Waals surface area contributed by atoms with Crippen LogP contribution in [0.25, 0.3) is 0 Å². The minimum absolute atomic E-state index is 0. The average Bonchev–Trinajstić information content (AvgIpc) is 2.89. The van der Waals surface area contributed by atoms with Crippen molar-refractivity contribution in [1.29, 1.82) is 0 Å². The molecule has 0 saturated carbocycles. The van der Waals surface area contributed by atoms with E-state index in [2.05, 4.69) is 39.9 Å². The van der Waals surface area contributed by atoms with Crippen LogP contribution in [0, 0.1) is 5.92 Å². The first-order chi connectivity index (χ1) is 8.20. The molecule has 0 amide bonds. The largest absolute Gasteiger partial charge is 0.319 e. The highest BCUT2D eigenvalue weighted by Crippen LogP contribution is 2.19. The monoisotopic (exact) mass is 272 g/mol. The predicted molar refractivity (Wildman–Crippen MR) is 77.2 cm³/mol. The van der Waals surface area contributed by atoms with Crippen molar-refractivity contribution in [2.75, 3.05) is 26.7 Å². The van der Waals surface area contributed by atoms with Gasteiger partial charge in [0.15, 0.2) is 0 Å². The third-order valence-electron chi connectivity index (χ3n) is 3.49. The fourth-order valence-electron chi connectivity index (χ4n) is 2.67. The Balaban J connectivity index is 0.00000162. The summed E-state index contributed by atoms with van der Waals surface area (Å²) in [5.41, 5.74) is 1.34. The summed E-state index contributed by atoms with van der Waals surface area (Å²) in [6, 6.07) is 2.60. The normalized spacial score (nSPS) is 20.3. The molecule has 1 atom stereocenters. The van der Waals surface area contributed by atoms with E-state index in [0.717, 1.165) is 19.0 Å². The van der Waals surface area contributed by atoms with Crippen LogP contribution in [0.5, 0.6) is 0 Å². The highest BCUT2D eigenvalue weighted by Gasteiger charge is 2.22. The van der Waals surface area contributed by atoms with Gasteiger partial charge in [0.25, 0.3) is 0 Å². The van der Waals surface area contributed by atoms with Crippen LogP contribution in [0.2, 0.25) is 0 Å². The second-order valence-electron chi connectivity index (χ2n) is 5.31. The standard InChI is InChI=1S/C13H24N4.ClH/c1-11(2)17-13(4-6-15-17)10-16-7-5-12(9-16)8-14-3;/h4,6,11-12,14H,5,7-10H2,1-3H3;1H. The van der Waals surface area contributed by atoms with Gasteiger partial charge in [0.2, 0.25) is 0 Å². The van der Waals surface area contributed by atoms with E-state index in [1.807, 2.05) is 13.2 Å². The Bertz CT molecular complexity index is 351. The van der Waals surface area contributed by atoms with E-state index >= 15 is 0 Å². The SMILES string of the molecule is CNCC1CCN(Cc2ccnn2C(C)C)C1.Cl. The van der Waals surface area contributed by atoms with Crippen LogP contribution in [0.3, 0.4) is 0 Å². The van der Waals surface area contributed by atoms with Gasteiger partial charge in [-0.1, -0.05) is 0 Å². The van der Waals surface area contributed by atoms with E-state index < -0.39 is 0 Å². The van der Waals surface area contributed by atoms with Gasteiger partial charge in [-0.3, -0.25) is 9.58 Å². The summed E-state index contributed by atoms with van der Waals surface area (Å²) in [4.78, 5) is 2.54. The minimum atomic E-state index is 0. The van der Waals surface area contributed by atoms with Crippen molar-refractivity contribution >= 4 is 12.4 Å². The maximum atomic E-state index is 4.39. The molecule has 1 aliphatic heterocycles. The maximum absolute atomic E-state index is 4.39. The lowest BCUT2D eigenvalue weighted by molar-refractivity contribution is 0.300. The molecule has 0 radical (unpaired) electrons. The molecule has 104 valence electrons. The Hall–Kier alpha value is -0.580. The predicted octanol–water partition coefficient (Wildman–Crippen LogP) is 1.93. The lowest BCUT2D eigenvalue weighted by Crippen LogP contribution is -2.25. The highest BCUT2D eigenvalue weighted by atomic mass is 35.5. The van der Waals surface area contributed by atoms with Crippen molar-refractivity contribution in [2.45, 2.75) is 32.9 Å². The molecule has 1 fully saturated rings. The molecule has 4 nitrogen and oxygen atoms in total. The molecule has 1 unspecified atom stereocenters. The first kappa shape index (κ1) is 15.5. The number of hydrogen-bond acceptors (Lipinski definition) is 3. The summed E-state index contributed by atoms with van der Waals surface area (Å²) in [6.45, 7) is 8.98. The molecule has 0 aromatic carbocycles. The molecule has 0 aliphatic carbocycles. The molecule has 1 aromatic rings. The lowest BCUT2D eigenvalue weighted by atomic mass is 10.1. The summed E-state index contributed by atoms with van der Waals surface area (Å²) in [6.07, 6.45) is 3.23. The minimum Gasteiger partial charge on any atom is -0.319 e. The number of nitrogens with zero attached hydrogens (tertiary/aromatic N) is 3. The first-order valence-corrected chi connectivity index (χ1v) is 6.60. The van der Waals surface area contributed by atoms with Crippen molar-refractivity contribution in [3.63, 3.8) is 0 Å². The van der Waals surface area contributed by atoms with Crippen LogP contribution in [-0.4, -0.2) is 41.4 Å². The number of likely N-dealkylation sites (tertiary alicyclic amines) is 1. The zero-order chi connectivity index (χ0) is 12.3. The van der Waals surface area contributed by atoms with Crippen molar-refractivity contribution in [1.82, 2.24) is 20.0 Å². The van der Waals surface area contributed by atoms with Crippen LogP contribution in [0.4, 0.5) is 0 Å². The summed E-state index contributed by atoms with van der Waals surface area (Å²) in [5, 5.41) is 7.67. The molecule has 5 heteroatoms. The summed E-state index contributed by atoms with van der Waals surface area (Å²) < 4.78 is 2.13. The molecule has 2 rings (SSSR count). The molecule has 1 aromatic heterocycles. The Kier molecular flexibility index (Phi) is 6.12. The Morgan fingerprint density at radius 3 is 2.94 bits per heavy atom. The highest BCUT2D eigenvalue weighted by molar-refractivity contribution is 5.85. The van der Waals surface area contributed by atoms with E-state index in [0.29, 0.717) is 6.04 Å². The van der Waals surface area contributed by atoms with E-state index in [1.165, 1.54) is 25.2 Å². The second-order valence-corrected chi connectivity index (χ2v) is 5.31. The number of hydrogen-bond donors (Lipinski definition) is 1. The smallest absolute Gasteiger partial charge is 0.0527 e. The second kappa shape index (κ2) is 7.12. The zero-order valence-electron chi connectivity index (χ0n) is 11.6. The van der Waals surface area contributed by atoms with Crippen LogP contribution in [-0.2, 0) is 6.54 Å². The summed E-state index contributed by atoms with van der Waals surface area (Å²) in [5.74, 6) is 0.815. The van der Waals surface area contributed by atoms with Gasteiger partial charge in [0.1, 0.15) is 0 Å². The van der Waals surface area contributed by atoms with Gasteiger partial charge >= 0.3 is 0 Å². The van der Waals surface area contributed by atoms with Crippen LogP contribution >= 0.6 is 12.4 Å². The van der Waals surface area contributed by atoms with Crippen molar-refractivity contribution in [3.8, 4) is 0 Å². The molecule has 1 N–H and O–H groups in total. The van der Waals surface area contributed by atoms with Gasteiger partial charge < -0.3 is 5.32 Å². The number of nitrogens with one attached hydrogen (secondary N) is 1. The van der Waals surface area contributed by atoms with Gasteiger partial charge in [-0.15, -0.1) is 12.4 Å². The summed E-state index contributed by atoms with van der Waals surface area (Å²) in [7, 11) is 2.04. The van der Waals surface area contributed by atoms with Gasteiger partial charge in [-0.25, -0.2) is 0 Å². The van der Waals surface area contributed by atoms with Gasteiger partial charge in [0.05, 0.1) is 5.69 Å². The Labute approximate surface area is 116 Å². The number of rotatable bonds is 5. The molecule has 0 spiro atoms. The molecular formula is C13H25ClN4. The van der Waals surface area contributed by atoms with Crippen molar-refractivity contribution in [2.24, 2.45) is 5.92 Å². The molecule has 18 heavy (non-hydrogen) atoms. The van der Waals surface area contributed by atoms with Crippen LogP contribution in [0.1, 0.15) is 32.0 Å². The molecule has 0 bridgehead atoms. The van der Waals surface area contributed by atoms with Crippen LogP contribution in [0.15, 0.2) is 12.3 Å². The maximum Gasteiger partial charge on any atom is 0.0527 e. The van der Waals surface area contributed by atoms with E-state index in [9.17, 15) is 0 Å². The number of aromatic nitrogens is 2. The third-order valence-corrected chi connectivity index (χ3v) is 3.49. The topological polar surface area (TPSA) is 33.1 Å². The van der Waals surface area contributed by atoms with Crippen molar-refractivity contribution < 1.29 is 0 Å². The van der Waals surface area contributed by atoms with Crippen molar-refractivity contribution in [3.05, 3.63) is 18.0 Å². The fourth-order valence-corrected chi connectivity index (χ4v) is 2.67. The molecule has 1 saturated heterocycles. The van der Waals surface area contributed by atoms with E-state index in [1.54, 1.807) is 0 Å². The third kappa shape index (κ3) is 3.70. The van der Waals surface area contributed by atoms with E-state index in [4.69, 9.17) is 0 Å². The van der Waals surface area contributed by atoms with E-state index in [-0.39, 0.29) is 12.4 Å². The summed E-state index contributed by atoms with van der Waals surface area (Å²) >= 11 is 0. The molecule has 2 heterocycles. The average molecular weight is 273 g/mol. The Morgan fingerprint density at radius 2 is 2.28 bits per heavy atom.